The average molecular weight is 602 g/mol. The third-order valence-corrected chi connectivity index (χ3v) is 8.15. The van der Waals surface area contributed by atoms with Gasteiger partial charge >= 0.3 is 6.18 Å². The first-order valence-electron chi connectivity index (χ1n) is 13.1. The molecular formula is C28H30F3N7O3S. The Morgan fingerprint density at radius 1 is 1.00 bits per heavy atom. The molecule has 0 aliphatic carbocycles. The molecule has 4 aromatic rings. The summed E-state index contributed by atoms with van der Waals surface area (Å²) in [6.07, 6.45) is -3.59. The van der Waals surface area contributed by atoms with Crippen molar-refractivity contribution < 1.29 is 26.3 Å². The van der Waals surface area contributed by atoms with Crippen molar-refractivity contribution in [3.63, 3.8) is 0 Å². The molecular weight excluding hydrogens is 571 g/mol. The van der Waals surface area contributed by atoms with E-state index in [4.69, 9.17) is 4.74 Å². The second-order valence-corrected chi connectivity index (χ2v) is 11.8. The van der Waals surface area contributed by atoms with Crippen LogP contribution in [0.5, 0.6) is 11.6 Å². The molecule has 1 N–H and O–H groups in total. The predicted octanol–water partition coefficient (Wildman–Crippen LogP) is 4.64. The molecule has 42 heavy (non-hydrogen) atoms. The normalized spacial score (nSPS) is 14.7. The predicted molar refractivity (Wildman–Crippen MR) is 152 cm³/mol. The highest BCUT2D eigenvalue weighted by Crippen LogP contribution is 2.38. The van der Waals surface area contributed by atoms with E-state index in [2.05, 4.69) is 29.6 Å². The molecule has 0 saturated carbocycles. The van der Waals surface area contributed by atoms with Gasteiger partial charge in [-0.1, -0.05) is 30.3 Å². The van der Waals surface area contributed by atoms with E-state index in [9.17, 15) is 21.6 Å². The molecule has 1 aliphatic heterocycles. The van der Waals surface area contributed by atoms with Gasteiger partial charge in [0.15, 0.2) is 0 Å². The first-order chi connectivity index (χ1) is 19.9. The summed E-state index contributed by atoms with van der Waals surface area (Å²) in [5, 5.41) is 3.88. The van der Waals surface area contributed by atoms with Gasteiger partial charge in [0.1, 0.15) is 10.6 Å². The van der Waals surface area contributed by atoms with Gasteiger partial charge in [-0.15, -0.1) is 0 Å². The second-order valence-electron chi connectivity index (χ2n) is 10.1. The van der Waals surface area contributed by atoms with Crippen LogP contribution in [0.4, 0.5) is 24.8 Å². The van der Waals surface area contributed by atoms with Crippen LogP contribution < -0.4 is 14.4 Å². The SMILES string of the molecule is Cc1ccccc1-c1nc(NS(=O)(=O)c2cnn(C)c2)nc(Oc2cccc(N3CCN(C)CC3)c2)c1CC(F)(F)F. The topological polar surface area (TPSA) is 105 Å². The second kappa shape index (κ2) is 11.6. The molecule has 2 aromatic heterocycles. The number of alkyl halides is 3. The minimum absolute atomic E-state index is 0.0884. The number of sulfonamides is 1. The summed E-state index contributed by atoms with van der Waals surface area (Å²) >= 11 is 0. The molecule has 10 nitrogen and oxygen atoms in total. The number of rotatable bonds is 8. The van der Waals surface area contributed by atoms with Crippen molar-refractivity contribution in [2.45, 2.75) is 24.4 Å². The molecule has 0 bridgehead atoms. The molecule has 1 fully saturated rings. The number of aryl methyl sites for hydroxylation is 2. The maximum absolute atomic E-state index is 13.9. The zero-order valence-electron chi connectivity index (χ0n) is 23.3. The van der Waals surface area contributed by atoms with Crippen molar-refractivity contribution >= 4 is 21.7 Å². The van der Waals surface area contributed by atoms with Crippen LogP contribution in [-0.4, -0.2) is 72.5 Å². The monoisotopic (exact) mass is 601 g/mol. The van der Waals surface area contributed by atoms with Gasteiger partial charge in [-0.2, -0.15) is 23.3 Å². The Balaban J connectivity index is 1.62. The summed E-state index contributed by atoms with van der Waals surface area (Å²) in [7, 11) is -0.614. The number of benzene rings is 2. The number of likely N-dealkylation sites (N-methyl/N-ethyl adjacent to an activating group) is 1. The van der Waals surface area contributed by atoms with Crippen LogP contribution in [0.15, 0.2) is 65.8 Å². The lowest BCUT2D eigenvalue weighted by Gasteiger charge is -2.34. The number of aromatic nitrogens is 4. The van der Waals surface area contributed by atoms with Gasteiger partial charge in [0.25, 0.3) is 10.0 Å². The molecule has 0 amide bonds. The summed E-state index contributed by atoms with van der Waals surface area (Å²) in [4.78, 5) is 12.7. The maximum Gasteiger partial charge on any atom is 0.393 e. The third-order valence-electron chi connectivity index (χ3n) is 6.86. The summed E-state index contributed by atoms with van der Waals surface area (Å²) in [6.45, 7) is 5.03. The number of piperazine rings is 1. The Bertz CT molecular complexity index is 1680. The summed E-state index contributed by atoms with van der Waals surface area (Å²) in [5.41, 5.74) is 1.48. The smallest absolute Gasteiger partial charge is 0.393 e. The number of ether oxygens (including phenoxy) is 1. The lowest BCUT2D eigenvalue weighted by atomic mass is 10.00. The number of anilines is 2. The van der Waals surface area contributed by atoms with Gasteiger partial charge in [0, 0.05) is 56.7 Å². The van der Waals surface area contributed by atoms with Gasteiger partial charge in [-0.25, -0.2) is 18.1 Å². The molecule has 0 radical (unpaired) electrons. The number of nitrogens with zero attached hydrogens (tertiary/aromatic N) is 6. The van der Waals surface area contributed by atoms with Crippen molar-refractivity contribution in [3.05, 3.63) is 72.1 Å². The fourth-order valence-electron chi connectivity index (χ4n) is 4.65. The molecule has 0 spiro atoms. The molecule has 0 atom stereocenters. The van der Waals surface area contributed by atoms with Crippen molar-refractivity contribution in [1.82, 2.24) is 24.6 Å². The fraction of sp³-hybridized carbons (Fsp3) is 0.321. The van der Waals surface area contributed by atoms with E-state index in [1.807, 2.05) is 13.1 Å². The lowest BCUT2D eigenvalue weighted by molar-refractivity contribution is -0.127. The first kappa shape index (κ1) is 29.3. The highest BCUT2D eigenvalue weighted by atomic mass is 32.2. The number of halogens is 3. The minimum Gasteiger partial charge on any atom is -0.438 e. The van der Waals surface area contributed by atoms with Crippen LogP contribution in [0.25, 0.3) is 11.3 Å². The average Bonchev–Trinajstić information content (AvgIpc) is 3.37. The largest absolute Gasteiger partial charge is 0.438 e. The van der Waals surface area contributed by atoms with E-state index in [0.29, 0.717) is 11.1 Å². The zero-order chi connectivity index (χ0) is 30.1. The molecule has 0 unspecified atom stereocenters. The minimum atomic E-state index is -4.63. The van der Waals surface area contributed by atoms with E-state index < -0.39 is 34.4 Å². The van der Waals surface area contributed by atoms with Gasteiger partial charge in [0.2, 0.25) is 11.8 Å². The molecule has 1 saturated heterocycles. The van der Waals surface area contributed by atoms with Crippen molar-refractivity contribution in [3.8, 4) is 22.9 Å². The molecule has 3 heterocycles. The van der Waals surface area contributed by atoms with Crippen LogP contribution in [-0.2, 0) is 23.5 Å². The van der Waals surface area contributed by atoms with E-state index in [1.54, 1.807) is 56.4 Å². The highest BCUT2D eigenvalue weighted by Gasteiger charge is 2.34. The summed E-state index contributed by atoms with van der Waals surface area (Å²) < 4.78 is 77.6. The van der Waals surface area contributed by atoms with Gasteiger partial charge < -0.3 is 14.5 Å². The highest BCUT2D eigenvalue weighted by molar-refractivity contribution is 7.92. The van der Waals surface area contributed by atoms with E-state index >= 15 is 0 Å². The van der Waals surface area contributed by atoms with Crippen molar-refractivity contribution in [2.75, 3.05) is 42.8 Å². The Labute approximate surface area is 241 Å². The molecule has 14 heteroatoms. The maximum atomic E-state index is 13.9. The third kappa shape index (κ3) is 6.82. The van der Waals surface area contributed by atoms with Crippen LogP contribution >= 0.6 is 0 Å². The number of nitrogens with one attached hydrogen (secondary N) is 1. The lowest BCUT2D eigenvalue weighted by Crippen LogP contribution is -2.44. The number of hydrogen-bond donors (Lipinski definition) is 1. The van der Waals surface area contributed by atoms with Gasteiger partial charge in [0.05, 0.1) is 23.9 Å². The summed E-state index contributed by atoms with van der Waals surface area (Å²) in [6, 6.07) is 13.8. The van der Waals surface area contributed by atoms with Crippen LogP contribution in [0, 0.1) is 6.92 Å². The van der Waals surface area contributed by atoms with E-state index in [1.165, 1.54) is 10.9 Å². The molecule has 222 valence electrons. The fourth-order valence-corrected chi connectivity index (χ4v) is 5.58. The van der Waals surface area contributed by atoms with Crippen molar-refractivity contribution in [2.24, 2.45) is 7.05 Å². The Hall–Kier alpha value is -4.17. The molecule has 2 aromatic carbocycles. The molecule has 1 aliphatic rings. The van der Waals surface area contributed by atoms with E-state index in [-0.39, 0.29) is 21.9 Å². The van der Waals surface area contributed by atoms with Crippen LogP contribution in [0.2, 0.25) is 0 Å². The quantitative estimate of drug-likeness (QED) is 0.312. The van der Waals surface area contributed by atoms with E-state index in [0.717, 1.165) is 38.1 Å². The zero-order valence-corrected chi connectivity index (χ0v) is 24.1. The first-order valence-corrected chi connectivity index (χ1v) is 14.6. The Morgan fingerprint density at radius 2 is 1.74 bits per heavy atom. The summed E-state index contributed by atoms with van der Waals surface area (Å²) in [5.74, 6) is -0.585. The van der Waals surface area contributed by atoms with Crippen LogP contribution in [0.3, 0.4) is 0 Å². The Morgan fingerprint density at radius 3 is 2.40 bits per heavy atom. The van der Waals surface area contributed by atoms with Crippen LogP contribution in [0.1, 0.15) is 11.1 Å². The van der Waals surface area contributed by atoms with Crippen molar-refractivity contribution in [1.29, 1.82) is 0 Å². The van der Waals surface area contributed by atoms with Gasteiger partial charge in [-0.3, -0.25) is 4.68 Å². The number of hydrogen-bond acceptors (Lipinski definition) is 8. The van der Waals surface area contributed by atoms with Gasteiger partial charge in [-0.05, 0) is 31.7 Å². The standard InChI is InChI=1S/C28H30F3N7O3S/c1-19-7-4-5-10-23(19)25-24(16-28(29,30)31)26(34-27(33-25)35-42(39,40)22-17-32-37(3)18-22)41-21-9-6-8-20(15-21)38-13-11-36(2)12-14-38/h4-10,15,17-18H,11-14,16H2,1-3H3,(H,33,34,35). The Kier molecular flexibility index (Phi) is 8.10. The molecule has 5 rings (SSSR count).